The summed E-state index contributed by atoms with van der Waals surface area (Å²) in [4.78, 5) is 14.5. The number of piperidine rings is 1. The van der Waals surface area contributed by atoms with Gasteiger partial charge in [0.15, 0.2) is 0 Å². The summed E-state index contributed by atoms with van der Waals surface area (Å²) < 4.78 is 0. The molecule has 1 aliphatic carbocycles. The molecule has 1 aliphatic heterocycles. The van der Waals surface area contributed by atoms with Crippen LogP contribution in [0, 0.1) is 11.8 Å². The predicted octanol–water partition coefficient (Wildman–Crippen LogP) is 1.35. The Kier molecular flexibility index (Phi) is 5.64. The van der Waals surface area contributed by atoms with Gasteiger partial charge in [-0.25, -0.2) is 0 Å². The van der Waals surface area contributed by atoms with Crippen LogP contribution in [0.25, 0.3) is 0 Å². The van der Waals surface area contributed by atoms with Gasteiger partial charge in [-0.2, -0.15) is 0 Å². The second-order valence-corrected chi connectivity index (χ2v) is 6.46. The molecule has 1 saturated heterocycles. The molecule has 2 aliphatic rings. The molecule has 3 N–H and O–H groups in total. The molecule has 1 amide bonds. The van der Waals surface area contributed by atoms with Crippen molar-refractivity contribution >= 4 is 5.91 Å². The summed E-state index contributed by atoms with van der Waals surface area (Å²) in [6.45, 7) is 6.47. The smallest absolute Gasteiger partial charge is 0.223 e. The topological polar surface area (TPSA) is 58.4 Å². The summed E-state index contributed by atoms with van der Waals surface area (Å²) in [5, 5.41) is 3.10. The van der Waals surface area contributed by atoms with Crippen molar-refractivity contribution in [1.29, 1.82) is 0 Å². The highest BCUT2D eigenvalue weighted by molar-refractivity contribution is 5.78. The second kappa shape index (κ2) is 7.25. The third-order valence-corrected chi connectivity index (χ3v) is 4.55. The van der Waals surface area contributed by atoms with Gasteiger partial charge in [0, 0.05) is 31.6 Å². The van der Waals surface area contributed by atoms with Crippen LogP contribution in [-0.2, 0) is 4.79 Å². The van der Waals surface area contributed by atoms with Crippen molar-refractivity contribution in [3.63, 3.8) is 0 Å². The predicted molar refractivity (Wildman–Crippen MR) is 77.8 cm³/mol. The van der Waals surface area contributed by atoms with E-state index in [4.69, 9.17) is 5.73 Å². The fraction of sp³-hybridized carbons (Fsp3) is 0.933. The van der Waals surface area contributed by atoms with Gasteiger partial charge in [-0.05, 0) is 44.6 Å². The van der Waals surface area contributed by atoms with E-state index in [1.54, 1.807) is 0 Å². The van der Waals surface area contributed by atoms with Gasteiger partial charge < -0.3 is 16.0 Å². The molecular weight excluding hydrogens is 238 g/mol. The van der Waals surface area contributed by atoms with E-state index in [-0.39, 0.29) is 17.9 Å². The number of nitrogens with two attached hydrogens (primary N) is 1. The standard InChI is InChI=1S/C15H29N3O/c1-12-4-3-8-18(11-12)9-7-17-15(19)13-5-2-6-14(16)10-13/h12-14H,2-11,16H2,1H3,(H,17,19). The van der Waals surface area contributed by atoms with Gasteiger partial charge in [-0.3, -0.25) is 4.79 Å². The molecule has 0 aromatic carbocycles. The van der Waals surface area contributed by atoms with Crippen LogP contribution in [0.2, 0.25) is 0 Å². The number of amides is 1. The number of likely N-dealkylation sites (tertiary alicyclic amines) is 1. The number of hydrogen-bond acceptors (Lipinski definition) is 3. The quantitative estimate of drug-likeness (QED) is 0.808. The zero-order valence-corrected chi connectivity index (χ0v) is 12.2. The normalized spacial score (nSPS) is 33.1. The maximum Gasteiger partial charge on any atom is 0.223 e. The molecule has 19 heavy (non-hydrogen) atoms. The molecule has 0 radical (unpaired) electrons. The fourth-order valence-electron chi connectivity index (χ4n) is 3.44. The Morgan fingerprint density at radius 2 is 2.16 bits per heavy atom. The van der Waals surface area contributed by atoms with Crippen molar-refractivity contribution in [2.24, 2.45) is 17.6 Å². The lowest BCUT2D eigenvalue weighted by Crippen LogP contribution is -2.43. The number of carbonyl (C=O) groups is 1. The van der Waals surface area contributed by atoms with Crippen molar-refractivity contribution in [3.8, 4) is 0 Å². The molecule has 2 fully saturated rings. The largest absolute Gasteiger partial charge is 0.355 e. The van der Waals surface area contributed by atoms with Crippen LogP contribution in [0.3, 0.4) is 0 Å². The zero-order chi connectivity index (χ0) is 13.7. The van der Waals surface area contributed by atoms with Crippen LogP contribution in [0.4, 0.5) is 0 Å². The molecule has 0 aromatic heterocycles. The summed E-state index contributed by atoms with van der Waals surface area (Å²) in [6, 6.07) is 0.229. The maximum atomic E-state index is 12.1. The van der Waals surface area contributed by atoms with Gasteiger partial charge >= 0.3 is 0 Å². The Morgan fingerprint density at radius 1 is 1.32 bits per heavy atom. The SMILES string of the molecule is CC1CCCN(CCNC(=O)C2CCCC(N)C2)C1. The van der Waals surface area contributed by atoms with Crippen molar-refractivity contribution in [2.75, 3.05) is 26.2 Å². The highest BCUT2D eigenvalue weighted by Crippen LogP contribution is 2.23. The summed E-state index contributed by atoms with van der Waals surface area (Å²) >= 11 is 0. The molecule has 0 spiro atoms. The third-order valence-electron chi connectivity index (χ3n) is 4.55. The van der Waals surface area contributed by atoms with Crippen molar-refractivity contribution in [2.45, 2.75) is 51.5 Å². The molecule has 2 rings (SSSR count). The van der Waals surface area contributed by atoms with Gasteiger partial charge in [0.05, 0.1) is 0 Å². The molecule has 1 heterocycles. The van der Waals surface area contributed by atoms with Gasteiger partial charge in [-0.15, -0.1) is 0 Å². The van der Waals surface area contributed by atoms with E-state index in [1.165, 1.54) is 25.9 Å². The Bertz CT molecular complexity index is 295. The second-order valence-electron chi connectivity index (χ2n) is 6.46. The first-order chi connectivity index (χ1) is 9.15. The Hall–Kier alpha value is -0.610. The lowest BCUT2D eigenvalue weighted by atomic mass is 9.85. The Morgan fingerprint density at radius 3 is 2.89 bits per heavy atom. The molecule has 3 atom stereocenters. The molecule has 0 bridgehead atoms. The third kappa shape index (κ3) is 4.77. The number of nitrogens with zero attached hydrogens (tertiary/aromatic N) is 1. The first-order valence-electron chi connectivity index (χ1n) is 7.91. The Labute approximate surface area is 117 Å². The fourth-order valence-corrected chi connectivity index (χ4v) is 3.44. The van der Waals surface area contributed by atoms with Gasteiger partial charge in [-0.1, -0.05) is 13.3 Å². The molecule has 4 heteroatoms. The summed E-state index contributed by atoms with van der Waals surface area (Å²) in [5.74, 6) is 1.19. The summed E-state index contributed by atoms with van der Waals surface area (Å²) in [6.07, 6.45) is 6.71. The van der Waals surface area contributed by atoms with Gasteiger partial charge in [0.2, 0.25) is 5.91 Å². The average Bonchev–Trinajstić information content (AvgIpc) is 2.38. The van der Waals surface area contributed by atoms with Crippen LogP contribution in [-0.4, -0.2) is 43.0 Å². The zero-order valence-electron chi connectivity index (χ0n) is 12.2. The highest BCUT2D eigenvalue weighted by atomic mass is 16.1. The lowest BCUT2D eigenvalue weighted by molar-refractivity contribution is -0.126. The van der Waals surface area contributed by atoms with Crippen molar-refractivity contribution < 1.29 is 4.79 Å². The van der Waals surface area contributed by atoms with Crippen LogP contribution in [0.1, 0.15) is 45.4 Å². The van der Waals surface area contributed by atoms with E-state index in [9.17, 15) is 4.79 Å². The van der Waals surface area contributed by atoms with Gasteiger partial charge in [0.1, 0.15) is 0 Å². The molecule has 1 saturated carbocycles. The van der Waals surface area contributed by atoms with Crippen LogP contribution >= 0.6 is 0 Å². The van der Waals surface area contributed by atoms with E-state index in [2.05, 4.69) is 17.1 Å². The summed E-state index contributed by atoms with van der Waals surface area (Å²) in [7, 11) is 0. The van der Waals surface area contributed by atoms with E-state index in [0.717, 1.165) is 44.7 Å². The summed E-state index contributed by atoms with van der Waals surface area (Å²) in [5.41, 5.74) is 5.94. The van der Waals surface area contributed by atoms with Crippen LogP contribution in [0.15, 0.2) is 0 Å². The maximum absolute atomic E-state index is 12.1. The minimum Gasteiger partial charge on any atom is -0.355 e. The number of rotatable bonds is 4. The van der Waals surface area contributed by atoms with E-state index < -0.39 is 0 Å². The first-order valence-corrected chi connectivity index (χ1v) is 7.91. The average molecular weight is 267 g/mol. The minimum absolute atomic E-state index is 0.157. The highest BCUT2D eigenvalue weighted by Gasteiger charge is 2.25. The monoisotopic (exact) mass is 267 g/mol. The first kappa shape index (κ1) is 14.8. The number of carbonyl (C=O) groups excluding carboxylic acids is 1. The van der Waals surface area contributed by atoms with Crippen LogP contribution < -0.4 is 11.1 Å². The molecule has 3 unspecified atom stereocenters. The number of hydrogen-bond donors (Lipinski definition) is 2. The van der Waals surface area contributed by atoms with E-state index in [1.807, 2.05) is 0 Å². The minimum atomic E-state index is 0.157. The number of nitrogens with one attached hydrogen (secondary N) is 1. The van der Waals surface area contributed by atoms with Crippen molar-refractivity contribution in [1.82, 2.24) is 10.2 Å². The molecule has 4 nitrogen and oxygen atoms in total. The molecular formula is C15H29N3O. The molecule has 0 aromatic rings. The lowest BCUT2D eigenvalue weighted by Gasteiger charge is -2.31. The Balaban J connectivity index is 1.63. The molecule has 110 valence electrons. The van der Waals surface area contributed by atoms with E-state index >= 15 is 0 Å². The van der Waals surface area contributed by atoms with Crippen molar-refractivity contribution in [3.05, 3.63) is 0 Å². The van der Waals surface area contributed by atoms with Gasteiger partial charge in [0.25, 0.3) is 0 Å². The van der Waals surface area contributed by atoms with Crippen LogP contribution in [0.5, 0.6) is 0 Å². The van der Waals surface area contributed by atoms with E-state index in [0.29, 0.717) is 0 Å².